The van der Waals surface area contributed by atoms with Crippen LogP contribution in [-0.4, -0.2) is 50.5 Å². The maximum atomic E-state index is 4.86. The van der Waals surface area contributed by atoms with Gasteiger partial charge in [0.05, 0.1) is 11.9 Å². The average molecular weight is 415 g/mol. The van der Waals surface area contributed by atoms with Crippen LogP contribution in [0.5, 0.6) is 0 Å². The van der Waals surface area contributed by atoms with E-state index >= 15 is 0 Å². The SMILES string of the molecule is c1cc(Nc2ncc3ccc4ncc(C5CCCC5)n4c3n2)ncc1N1CCNCC1. The van der Waals surface area contributed by atoms with E-state index in [-0.39, 0.29) is 0 Å². The van der Waals surface area contributed by atoms with E-state index in [0.29, 0.717) is 11.9 Å². The van der Waals surface area contributed by atoms with Gasteiger partial charge in [0.15, 0.2) is 5.65 Å². The number of nitrogens with one attached hydrogen (secondary N) is 2. The van der Waals surface area contributed by atoms with Gasteiger partial charge in [0.25, 0.3) is 0 Å². The van der Waals surface area contributed by atoms with Gasteiger partial charge in [0, 0.05) is 55.6 Å². The number of hydrogen-bond donors (Lipinski definition) is 2. The predicted octanol–water partition coefficient (Wildman–Crippen LogP) is 3.48. The number of anilines is 3. The number of hydrogen-bond acceptors (Lipinski definition) is 7. The van der Waals surface area contributed by atoms with E-state index in [1.54, 1.807) is 0 Å². The van der Waals surface area contributed by atoms with E-state index in [1.165, 1.54) is 31.4 Å². The van der Waals surface area contributed by atoms with E-state index in [0.717, 1.165) is 54.4 Å². The molecule has 0 amide bonds. The quantitative estimate of drug-likeness (QED) is 0.529. The number of nitrogens with zero attached hydrogens (tertiary/aromatic N) is 6. The van der Waals surface area contributed by atoms with Crippen LogP contribution < -0.4 is 15.5 Å². The van der Waals surface area contributed by atoms with Crippen LogP contribution in [0.25, 0.3) is 16.7 Å². The van der Waals surface area contributed by atoms with Gasteiger partial charge in [0.2, 0.25) is 5.95 Å². The molecule has 2 fully saturated rings. The van der Waals surface area contributed by atoms with Crippen molar-refractivity contribution in [3.05, 3.63) is 48.5 Å². The van der Waals surface area contributed by atoms with Crippen LogP contribution in [0.15, 0.2) is 42.9 Å². The smallest absolute Gasteiger partial charge is 0.230 e. The van der Waals surface area contributed by atoms with Crippen LogP contribution in [0, 0.1) is 0 Å². The van der Waals surface area contributed by atoms with Gasteiger partial charge in [-0.15, -0.1) is 0 Å². The van der Waals surface area contributed by atoms with Gasteiger partial charge in [-0.05, 0) is 37.1 Å². The Morgan fingerprint density at radius 2 is 1.77 bits per heavy atom. The zero-order chi connectivity index (χ0) is 20.6. The van der Waals surface area contributed by atoms with Crippen LogP contribution in [0.4, 0.5) is 17.5 Å². The van der Waals surface area contributed by atoms with Gasteiger partial charge in [-0.25, -0.2) is 15.0 Å². The molecular formula is C23H26N8. The van der Waals surface area contributed by atoms with Gasteiger partial charge in [-0.2, -0.15) is 4.98 Å². The van der Waals surface area contributed by atoms with Gasteiger partial charge in [-0.1, -0.05) is 12.8 Å². The van der Waals surface area contributed by atoms with Gasteiger partial charge >= 0.3 is 0 Å². The maximum Gasteiger partial charge on any atom is 0.230 e. The second kappa shape index (κ2) is 7.77. The summed E-state index contributed by atoms with van der Waals surface area (Å²) in [5, 5.41) is 7.66. The van der Waals surface area contributed by atoms with Crippen LogP contribution in [0.3, 0.4) is 0 Å². The summed E-state index contributed by atoms with van der Waals surface area (Å²) >= 11 is 0. The molecular weight excluding hydrogens is 388 g/mol. The third kappa shape index (κ3) is 3.46. The van der Waals surface area contributed by atoms with Crippen molar-refractivity contribution in [3.63, 3.8) is 0 Å². The van der Waals surface area contributed by atoms with Crippen LogP contribution >= 0.6 is 0 Å². The van der Waals surface area contributed by atoms with Crippen LogP contribution in [0.2, 0.25) is 0 Å². The molecule has 2 aliphatic rings. The van der Waals surface area contributed by atoms with Crippen molar-refractivity contribution in [1.29, 1.82) is 0 Å². The highest BCUT2D eigenvalue weighted by atomic mass is 15.2. The fourth-order valence-corrected chi connectivity index (χ4v) is 4.83. The fourth-order valence-electron chi connectivity index (χ4n) is 4.83. The largest absolute Gasteiger partial charge is 0.368 e. The Bertz CT molecular complexity index is 1200. The topological polar surface area (TPSA) is 83.3 Å². The Balaban J connectivity index is 1.31. The molecule has 158 valence electrons. The van der Waals surface area contributed by atoms with Gasteiger partial charge in [0.1, 0.15) is 11.5 Å². The van der Waals surface area contributed by atoms with Crippen LogP contribution in [-0.2, 0) is 0 Å². The lowest BCUT2D eigenvalue weighted by Crippen LogP contribution is -2.43. The molecule has 0 bridgehead atoms. The molecule has 5 heterocycles. The number of rotatable bonds is 4. The molecule has 1 aliphatic heterocycles. The third-order valence-corrected chi connectivity index (χ3v) is 6.48. The molecule has 31 heavy (non-hydrogen) atoms. The average Bonchev–Trinajstić information content (AvgIpc) is 3.50. The minimum absolute atomic E-state index is 0.550. The first-order valence-corrected chi connectivity index (χ1v) is 11.2. The second-order valence-electron chi connectivity index (χ2n) is 8.43. The summed E-state index contributed by atoms with van der Waals surface area (Å²) in [6.45, 7) is 4.03. The Morgan fingerprint density at radius 3 is 2.58 bits per heavy atom. The first-order valence-electron chi connectivity index (χ1n) is 11.2. The molecule has 0 atom stereocenters. The summed E-state index contributed by atoms with van der Waals surface area (Å²) in [6.07, 6.45) is 10.8. The third-order valence-electron chi connectivity index (χ3n) is 6.48. The Morgan fingerprint density at radius 1 is 0.903 bits per heavy atom. The Kier molecular flexibility index (Phi) is 4.64. The summed E-state index contributed by atoms with van der Waals surface area (Å²) in [7, 11) is 0. The van der Waals surface area contributed by atoms with Crippen LogP contribution in [0.1, 0.15) is 37.3 Å². The van der Waals surface area contributed by atoms with E-state index in [4.69, 9.17) is 4.98 Å². The van der Waals surface area contributed by atoms with Gasteiger partial charge in [-0.3, -0.25) is 4.40 Å². The molecule has 1 aliphatic carbocycles. The molecule has 0 spiro atoms. The highest BCUT2D eigenvalue weighted by Gasteiger charge is 2.22. The molecule has 8 heteroatoms. The zero-order valence-electron chi connectivity index (χ0n) is 17.5. The first kappa shape index (κ1) is 18.5. The van der Waals surface area contributed by atoms with Gasteiger partial charge < -0.3 is 15.5 Å². The highest BCUT2D eigenvalue weighted by Crippen LogP contribution is 2.35. The molecule has 0 radical (unpaired) electrons. The van der Waals surface area contributed by atoms with E-state index < -0.39 is 0 Å². The molecule has 1 saturated heterocycles. The number of pyridine rings is 2. The lowest BCUT2D eigenvalue weighted by atomic mass is 10.1. The monoisotopic (exact) mass is 414 g/mol. The Labute approximate surface area is 180 Å². The summed E-state index contributed by atoms with van der Waals surface area (Å²) in [5.41, 5.74) is 4.25. The lowest BCUT2D eigenvalue weighted by molar-refractivity contribution is 0.589. The molecule has 4 aromatic rings. The summed E-state index contributed by atoms with van der Waals surface area (Å²) in [6, 6.07) is 8.19. The number of imidazole rings is 1. The van der Waals surface area contributed by atoms with Crippen molar-refractivity contribution < 1.29 is 0 Å². The molecule has 0 aromatic carbocycles. The molecule has 2 N–H and O–H groups in total. The Hall–Kier alpha value is -3.26. The summed E-state index contributed by atoms with van der Waals surface area (Å²) in [4.78, 5) is 21.0. The summed E-state index contributed by atoms with van der Waals surface area (Å²) in [5.74, 6) is 1.85. The summed E-state index contributed by atoms with van der Waals surface area (Å²) < 4.78 is 2.21. The molecule has 8 nitrogen and oxygen atoms in total. The minimum Gasteiger partial charge on any atom is -0.368 e. The van der Waals surface area contributed by atoms with E-state index in [9.17, 15) is 0 Å². The van der Waals surface area contributed by atoms with Crippen molar-refractivity contribution >= 4 is 34.1 Å². The zero-order valence-corrected chi connectivity index (χ0v) is 17.5. The van der Waals surface area contributed by atoms with Crippen molar-refractivity contribution in [2.24, 2.45) is 0 Å². The van der Waals surface area contributed by atoms with Crippen molar-refractivity contribution in [1.82, 2.24) is 29.7 Å². The highest BCUT2D eigenvalue weighted by molar-refractivity contribution is 5.79. The molecule has 0 unspecified atom stereocenters. The molecule has 6 rings (SSSR count). The first-order chi connectivity index (χ1) is 15.3. The van der Waals surface area contributed by atoms with Crippen molar-refractivity contribution in [2.45, 2.75) is 31.6 Å². The molecule has 4 aromatic heterocycles. The standard InChI is InChI=1S/C23H26N8/c1-2-4-16(3-1)19-15-26-21-8-5-17-13-27-23(29-22(17)31(19)21)28-20-7-6-18(14-25-20)30-11-9-24-10-12-30/h5-8,13-16,24H,1-4,9-12H2,(H,25,27,28,29). The molecule has 1 saturated carbocycles. The lowest BCUT2D eigenvalue weighted by Gasteiger charge is -2.29. The van der Waals surface area contributed by atoms with E-state index in [2.05, 4.69) is 41.0 Å². The van der Waals surface area contributed by atoms with Crippen molar-refractivity contribution in [3.8, 4) is 0 Å². The number of fused-ring (bicyclic) bond motifs is 3. The maximum absolute atomic E-state index is 4.86. The van der Waals surface area contributed by atoms with Crippen molar-refractivity contribution in [2.75, 3.05) is 36.4 Å². The number of piperazine rings is 1. The minimum atomic E-state index is 0.550. The predicted molar refractivity (Wildman–Crippen MR) is 122 cm³/mol. The van der Waals surface area contributed by atoms with E-state index in [1.807, 2.05) is 36.8 Å². The second-order valence-corrected chi connectivity index (χ2v) is 8.43. The number of aromatic nitrogens is 5. The fraction of sp³-hybridized carbons (Fsp3) is 0.391. The normalized spacial score (nSPS) is 17.6.